The fraction of sp³-hybridized carbons (Fsp3) is 0.300. The first-order chi connectivity index (χ1) is 8.72. The number of aromatic amines is 1. The van der Waals surface area contributed by atoms with Gasteiger partial charge in [-0.2, -0.15) is 0 Å². The molecular weight excluding hydrogens is 318 g/mol. The minimum absolute atomic E-state index is 0.0782. The summed E-state index contributed by atoms with van der Waals surface area (Å²) in [5.74, 6) is -0.0782. The molecule has 0 fully saturated rings. The third-order valence-electron chi connectivity index (χ3n) is 2.75. The average molecular weight is 328 g/mol. The van der Waals surface area contributed by atoms with Crippen LogP contribution < -0.4 is 10.6 Å². The Morgan fingerprint density at radius 3 is 3.22 bits per heavy atom. The normalized spacial score (nSPS) is 18.4. The lowest BCUT2D eigenvalue weighted by Gasteiger charge is -2.21. The highest BCUT2D eigenvalue weighted by atomic mass is 79.9. The van der Waals surface area contributed by atoms with Crippen molar-refractivity contribution in [1.29, 1.82) is 0 Å². The maximum atomic E-state index is 12.0. The number of fused-ring (bicyclic) bond motifs is 1. The van der Waals surface area contributed by atoms with Gasteiger partial charge in [0.1, 0.15) is 0 Å². The number of amides is 1. The summed E-state index contributed by atoms with van der Waals surface area (Å²) in [4.78, 5) is 23.4. The van der Waals surface area contributed by atoms with Crippen LogP contribution in [0.25, 0.3) is 0 Å². The highest BCUT2D eigenvalue weighted by Crippen LogP contribution is 2.23. The maximum Gasteiger partial charge on any atom is 0.243 e. The van der Waals surface area contributed by atoms with Gasteiger partial charge in [-0.05, 0) is 15.9 Å². The summed E-state index contributed by atoms with van der Waals surface area (Å²) < 4.78 is 0.893. The maximum absolute atomic E-state index is 12.0. The predicted molar refractivity (Wildman–Crippen MR) is 71.4 cm³/mol. The number of carbonyl (C=O) groups is 1. The Labute approximate surface area is 115 Å². The molecule has 1 atom stereocenters. The molecule has 0 aromatic carbocycles. The van der Waals surface area contributed by atoms with Crippen molar-refractivity contribution in [3.05, 3.63) is 27.7 Å². The van der Waals surface area contributed by atoms with E-state index in [4.69, 9.17) is 0 Å². The lowest BCUT2D eigenvalue weighted by Crippen LogP contribution is -2.44. The number of anilines is 1. The molecule has 2 aromatic rings. The van der Waals surface area contributed by atoms with Crippen molar-refractivity contribution in [2.75, 3.05) is 5.32 Å². The van der Waals surface area contributed by atoms with Crippen molar-refractivity contribution in [3.8, 4) is 0 Å². The number of imidazole rings is 1. The largest absolute Gasteiger partial charge is 0.347 e. The molecule has 1 amide bonds. The van der Waals surface area contributed by atoms with Crippen LogP contribution in [-0.2, 0) is 17.8 Å². The van der Waals surface area contributed by atoms with Crippen LogP contribution in [0.15, 0.2) is 16.3 Å². The minimum atomic E-state index is -0.261. The van der Waals surface area contributed by atoms with Crippen molar-refractivity contribution >= 4 is 38.3 Å². The summed E-state index contributed by atoms with van der Waals surface area (Å²) in [6.07, 6.45) is 3.92. The Morgan fingerprint density at radius 1 is 1.56 bits per heavy atom. The first-order valence-electron chi connectivity index (χ1n) is 5.39. The molecule has 8 heteroatoms. The summed E-state index contributed by atoms with van der Waals surface area (Å²) in [6, 6.07) is -0.261. The molecule has 0 saturated carbocycles. The van der Waals surface area contributed by atoms with E-state index in [2.05, 4.69) is 41.5 Å². The molecule has 0 radical (unpaired) electrons. The molecule has 0 bridgehead atoms. The summed E-state index contributed by atoms with van der Waals surface area (Å²) in [5, 5.41) is 6.56. The van der Waals surface area contributed by atoms with E-state index in [1.54, 1.807) is 12.5 Å². The van der Waals surface area contributed by atoms with Crippen LogP contribution in [0.4, 0.5) is 5.13 Å². The van der Waals surface area contributed by atoms with E-state index in [1.807, 2.05) is 0 Å². The van der Waals surface area contributed by atoms with E-state index in [-0.39, 0.29) is 11.9 Å². The van der Waals surface area contributed by atoms with Crippen molar-refractivity contribution in [1.82, 2.24) is 20.3 Å². The standard InChI is InChI=1S/C10H10BrN5OS/c11-8-3-13-10(18-8)16-9(17)6-1-5-7(2-12-6)15-4-14-5/h3-4,6,12H,1-2H2,(H,14,15)(H,13,16,17). The van der Waals surface area contributed by atoms with Gasteiger partial charge >= 0.3 is 0 Å². The fourth-order valence-electron chi connectivity index (χ4n) is 1.86. The number of nitrogens with one attached hydrogen (secondary N) is 3. The van der Waals surface area contributed by atoms with Gasteiger partial charge in [-0.25, -0.2) is 9.97 Å². The number of nitrogens with zero attached hydrogens (tertiary/aromatic N) is 2. The van der Waals surface area contributed by atoms with Gasteiger partial charge in [0.15, 0.2) is 5.13 Å². The van der Waals surface area contributed by atoms with Crippen LogP contribution in [0.1, 0.15) is 11.4 Å². The molecular formula is C10H10BrN5OS. The molecule has 18 heavy (non-hydrogen) atoms. The van der Waals surface area contributed by atoms with Gasteiger partial charge in [-0.3, -0.25) is 10.1 Å². The van der Waals surface area contributed by atoms with Gasteiger partial charge in [0.05, 0.1) is 33.7 Å². The number of halogens is 1. The first kappa shape index (κ1) is 11.8. The zero-order chi connectivity index (χ0) is 12.5. The zero-order valence-corrected chi connectivity index (χ0v) is 11.6. The third-order valence-corrected chi connectivity index (χ3v) is 4.15. The Morgan fingerprint density at radius 2 is 2.44 bits per heavy atom. The predicted octanol–water partition coefficient (Wildman–Crippen LogP) is 1.28. The molecule has 3 N–H and O–H groups in total. The van der Waals surface area contributed by atoms with Gasteiger partial charge in [0, 0.05) is 13.0 Å². The summed E-state index contributed by atoms with van der Waals surface area (Å²) in [5.41, 5.74) is 2.00. The molecule has 0 spiro atoms. The van der Waals surface area contributed by atoms with Crippen LogP contribution in [0, 0.1) is 0 Å². The first-order valence-corrected chi connectivity index (χ1v) is 7.00. The molecule has 6 nitrogen and oxygen atoms in total. The third kappa shape index (κ3) is 2.31. The van der Waals surface area contributed by atoms with Crippen molar-refractivity contribution < 1.29 is 4.79 Å². The SMILES string of the molecule is O=C(Nc1ncc(Br)s1)C1Cc2nc[nH]c2CN1. The Bertz CT molecular complexity index is 580. The summed E-state index contributed by atoms with van der Waals surface area (Å²) >= 11 is 4.70. The van der Waals surface area contributed by atoms with E-state index < -0.39 is 0 Å². The summed E-state index contributed by atoms with van der Waals surface area (Å²) in [7, 11) is 0. The summed E-state index contributed by atoms with van der Waals surface area (Å²) in [6.45, 7) is 0.634. The smallest absolute Gasteiger partial charge is 0.243 e. The highest BCUT2D eigenvalue weighted by Gasteiger charge is 2.26. The van der Waals surface area contributed by atoms with Crippen LogP contribution in [-0.4, -0.2) is 26.9 Å². The van der Waals surface area contributed by atoms with E-state index in [9.17, 15) is 4.79 Å². The molecule has 3 heterocycles. The average Bonchev–Trinajstić information content (AvgIpc) is 2.96. The Hall–Kier alpha value is -1.25. The molecule has 1 aliphatic rings. The van der Waals surface area contributed by atoms with Gasteiger partial charge in [0.2, 0.25) is 5.91 Å². The topological polar surface area (TPSA) is 82.7 Å². The number of thiazole rings is 1. The van der Waals surface area contributed by atoms with E-state index in [0.29, 0.717) is 18.1 Å². The second kappa shape index (κ2) is 4.79. The molecule has 94 valence electrons. The van der Waals surface area contributed by atoms with Gasteiger partial charge in [0.25, 0.3) is 0 Å². The van der Waals surface area contributed by atoms with Crippen LogP contribution >= 0.6 is 27.3 Å². The monoisotopic (exact) mass is 327 g/mol. The second-order valence-electron chi connectivity index (χ2n) is 3.92. The van der Waals surface area contributed by atoms with Crippen molar-refractivity contribution in [2.45, 2.75) is 19.0 Å². The van der Waals surface area contributed by atoms with Gasteiger partial charge < -0.3 is 10.3 Å². The van der Waals surface area contributed by atoms with E-state index in [0.717, 1.165) is 15.2 Å². The molecule has 2 aromatic heterocycles. The van der Waals surface area contributed by atoms with Crippen LogP contribution in [0.3, 0.4) is 0 Å². The number of hydrogen-bond acceptors (Lipinski definition) is 5. The number of hydrogen-bond donors (Lipinski definition) is 3. The minimum Gasteiger partial charge on any atom is -0.347 e. The van der Waals surface area contributed by atoms with Crippen molar-refractivity contribution in [3.63, 3.8) is 0 Å². The lowest BCUT2D eigenvalue weighted by molar-refractivity contribution is -0.118. The van der Waals surface area contributed by atoms with Crippen LogP contribution in [0.2, 0.25) is 0 Å². The molecule has 1 unspecified atom stereocenters. The molecule has 0 aliphatic carbocycles. The van der Waals surface area contributed by atoms with E-state index >= 15 is 0 Å². The highest BCUT2D eigenvalue weighted by molar-refractivity contribution is 9.11. The molecule has 0 saturated heterocycles. The Balaban J connectivity index is 1.67. The van der Waals surface area contributed by atoms with Gasteiger partial charge in [-0.1, -0.05) is 11.3 Å². The van der Waals surface area contributed by atoms with Crippen LogP contribution in [0.5, 0.6) is 0 Å². The Kier molecular flexibility index (Phi) is 3.14. The molecule has 1 aliphatic heterocycles. The quantitative estimate of drug-likeness (QED) is 0.776. The van der Waals surface area contributed by atoms with Gasteiger partial charge in [-0.15, -0.1) is 0 Å². The second-order valence-corrected chi connectivity index (χ2v) is 6.33. The number of carbonyl (C=O) groups excluding carboxylic acids is 1. The fourth-order valence-corrected chi connectivity index (χ4v) is 2.97. The number of aromatic nitrogens is 3. The molecule has 3 rings (SSSR count). The number of H-pyrrole nitrogens is 1. The zero-order valence-electron chi connectivity index (χ0n) is 9.24. The van der Waals surface area contributed by atoms with Crippen molar-refractivity contribution in [2.24, 2.45) is 0 Å². The number of rotatable bonds is 2. The van der Waals surface area contributed by atoms with E-state index in [1.165, 1.54) is 11.3 Å². The lowest BCUT2D eigenvalue weighted by atomic mass is 10.1.